The Morgan fingerprint density at radius 2 is 1.77 bits per heavy atom. The van der Waals surface area contributed by atoms with Crippen LogP contribution in [0.25, 0.3) is 0 Å². The number of urea groups is 1. The van der Waals surface area contributed by atoms with E-state index in [-0.39, 0.29) is 50.3 Å². The summed E-state index contributed by atoms with van der Waals surface area (Å²) in [7, 11) is 0. The Bertz CT molecular complexity index is 960. The zero-order chi connectivity index (χ0) is 22.6. The van der Waals surface area contributed by atoms with Gasteiger partial charge in [0.2, 0.25) is 0 Å². The zero-order valence-corrected chi connectivity index (χ0v) is 16.4. The van der Waals surface area contributed by atoms with Gasteiger partial charge in [-0.15, -0.1) is 0 Å². The van der Waals surface area contributed by atoms with Gasteiger partial charge >= 0.3 is 12.2 Å². The lowest BCUT2D eigenvalue weighted by atomic mass is 10.1. The van der Waals surface area contributed by atoms with Gasteiger partial charge in [-0.3, -0.25) is 10.1 Å². The number of nitro benzene ring substituents is 1. The number of benzene rings is 2. The molecule has 0 aliphatic carbocycles. The second kappa shape index (κ2) is 9.19. The lowest BCUT2D eigenvalue weighted by molar-refractivity contribution is -0.384. The summed E-state index contributed by atoms with van der Waals surface area (Å²) in [6.45, 7) is 1.18. The van der Waals surface area contributed by atoms with Crippen molar-refractivity contribution < 1.29 is 27.3 Å². The fraction of sp³-hybridized carbons (Fsp3) is 0.350. The van der Waals surface area contributed by atoms with Crippen LogP contribution in [0.15, 0.2) is 42.5 Å². The maximum absolute atomic E-state index is 13.6. The van der Waals surface area contributed by atoms with E-state index in [0.29, 0.717) is 18.1 Å². The van der Waals surface area contributed by atoms with Crippen molar-refractivity contribution in [1.82, 2.24) is 10.2 Å². The topological polar surface area (TPSA) is 78.7 Å². The molecule has 0 unspecified atom stereocenters. The third-order valence-corrected chi connectivity index (χ3v) is 5.04. The van der Waals surface area contributed by atoms with Crippen LogP contribution in [0.2, 0.25) is 0 Å². The lowest BCUT2D eigenvalue weighted by Gasteiger charge is -2.35. The van der Waals surface area contributed by atoms with Crippen molar-refractivity contribution in [2.24, 2.45) is 0 Å². The summed E-state index contributed by atoms with van der Waals surface area (Å²) < 4.78 is 52.2. The Labute approximate surface area is 175 Å². The monoisotopic (exact) mass is 440 g/mol. The number of nitrogens with one attached hydrogen (secondary N) is 1. The number of piperazine rings is 1. The molecule has 2 aromatic carbocycles. The minimum absolute atomic E-state index is 0.0811. The predicted octanol–water partition coefficient (Wildman–Crippen LogP) is 3.83. The quantitative estimate of drug-likeness (QED) is 0.436. The highest BCUT2D eigenvalue weighted by Gasteiger charge is 2.34. The fourth-order valence-corrected chi connectivity index (χ4v) is 3.38. The molecule has 0 spiro atoms. The number of carbonyl (C=O) groups excluding carboxylic acids is 1. The van der Waals surface area contributed by atoms with E-state index >= 15 is 0 Å². The molecule has 31 heavy (non-hydrogen) atoms. The van der Waals surface area contributed by atoms with Crippen molar-refractivity contribution in [3.05, 3.63) is 69.5 Å². The maximum atomic E-state index is 13.6. The van der Waals surface area contributed by atoms with Gasteiger partial charge in [-0.1, -0.05) is 18.2 Å². The van der Waals surface area contributed by atoms with Gasteiger partial charge in [-0.2, -0.15) is 13.2 Å². The van der Waals surface area contributed by atoms with Crippen LogP contribution in [0.4, 0.5) is 33.7 Å². The second-order valence-electron chi connectivity index (χ2n) is 7.01. The van der Waals surface area contributed by atoms with Crippen LogP contribution in [0.5, 0.6) is 0 Å². The highest BCUT2D eigenvalue weighted by atomic mass is 19.4. The molecule has 0 radical (unpaired) electrons. The zero-order valence-electron chi connectivity index (χ0n) is 16.4. The SMILES string of the molecule is O=C(NCCc1ccccc1F)N1CCN(c2ccc(C(F)(F)F)cc2[N+](=O)[O-])CC1. The molecule has 0 bridgehead atoms. The van der Waals surface area contributed by atoms with Crippen molar-refractivity contribution in [2.45, 2.75) is 12.6 Å². The number of rotatable bonds is 5. The number of amides is 2. The summed E-state index contributed by atoms with van der Waals surface area (Å²) in [4.78, 5) is 25.9. The van der Waals surface area contributed by atoms with E-state index in [9.17, 15) is 32.5 Å². The van der Waals surface area contributed by atoms with E-state index in [2.05, 4.69) is 5.32 Å². The largest absolute Gasteiger partial charge is 0.416 e. The van der Waals surface area contributed by atoms with E-state index in [1.165, 1.54) is 11.0 Å². The van der Waals surface area contributed by atoms with Gasteiger partial charge in [0.25, 0.3) is 5.69 Å². The first kappa shape index (κ1) is 22.3. The molecule has 1 aliphatic heterocycles. The molecule has 1 heterocycles. The standard InChI is InChI=1S/C20H20F4N4O3/c21-16-4-2-1-3-14(16)7-8-25-19(29)27-11-9-26(10-12-27)17-6-5-15(20(22,23)24)13-18(17)28(30)31/h1-6,13H,7-12H2,(H,25,29). The van der Waals surface area contributed by atoms with E-state index in [0.717, 1.165) is 12.1 Å². The normalized spacial score (nSPS) is 14.5. The minimum atomic E-state index is -4.68. The smallest absolute Gasteiger partial charge is 0.362 e. The Balaban J connectivity index is 1.57. The van der Waals surface area contributed by atoms with Gasteiger partial charge < -0.3 is 15.1 Å². The van der Waals surface area contributed by atoms with E-state index in [1.807, 2.05) is 0 Å². The van der Waals surface area contributed by atoms with Crippen molar-refractivity contribution >= 4 is 17.4 Å². The third-order valence-electron chi connectivity index (χ3n) is 5.04. The summed E-state index contributed by atoms with van der Waals surface area (Å²) in [5.41, 5.74) is -1.15. The van der Waals surface area contributed by atoms with Crippen molar-refractivity contribution in [3.8, 4) is 0 Å². The van der Waals surface area contributed by atoms with Gasteiger partial charge in [0.15, 0.2) is 0 Å². The number of hydrogen-bond donors (Lipinski definition) is 1. The first-order chi connectivity index (χ1) is 14.7. The summed E-state index contributed by atoms with van der Waals surface area (Å²) in [6.07, 6.45) is -4.35. The summed E-state index contributed by atoms with van der Waals surface area (Å²) in [6, 6.07) is 8.34. The molecular formula is C20H20F4N4O3. The average Bonchev–Trinajstić information content (AvgIpc) is 2.74. The van der Waals surface area contributed by atoms with Gasteiger partial charge in [-0.05, 0) is 30.2 Å². The van der Waals surface area contributed by atoms with E-state index in [4.69, 9.17) is 0 Å². The molecule has 166 valence electrons. The average molecular weight is 440 g/mol. The van der Waals surface area contributed by atoms with Crippen molar-refractivity contribution in [1.29, 1.82) is 0 Å². The highest BCUT2D eigenvalue weighted by Crippen LogP contribution is 2.36. The van der Waals surface area contributed by atoms with Crippen LogP contribution < -0.4 is 10.2 Å². The molecule has 0 saturated carbocycles. The molecule has 1 N–H and O–H groups in total. The first-order valence-corrected chi connectivity index (χ1v) is 9.53. The number of carbonyl (C=O) groups is 1. The summed E-state index contributed by atoms with van der Waals surface area (Å²) in [5.74, 6) is -0.344. The number of nitro groups is 1. The van der Waals surface area contributed by atoms with Crippen LogP contribution >= 0.6 is 0 Å². The van der Waals surface area contributed by atoms with Gasteiger partial charge in [0.05, 0.1) is 10.5 Å². The Morgan fingerprint density at radius 1 is 1.10 bits per heavy atom. The fourth-order valence-electron chi connectivity index (χ4n) is 3.38. The van der Waals surface area contributed by atoms with Gasteiger partial charge in [0.1, 0.15) is 11.5 Å². The highest BCUT2D eigenvalue weighted by molar-refractivity contribution is 5.75. The Kier molecular flexibility index (Phi) is 6.62. The van der Waals surface area contributed by atoms with E-state index < -0.39 is 22.4 Å². The second-order valence-corrected chi connectivity index (χ2v) is 7.01. The predicted molar refractivity (Wildman–Crippen MR) is 105 cm³/mol. The molecule has 7 nitrogen and oxygen atoms in total. The Morgan fingerprint density at radius 3 is 2.39 bits per heavy atom. The van der Waals surface area contributed by atoms with Crippen LogP contribution in [0, 0.1) is 15.9 Å². The molecule has 1 saturated heterocycles. The number of halogens is 4. The molecule has 0 atom stereocenters. The van der Waals surface area contributed by atoms with Gasteiger partial charge in [-0.25, -0.2) is 9.18 Å². The van der Waals surface area contributed by atoms with Crippen LogP contribution in [-0.2, 0) is 12.6 Å². The molecule has 3 rings (SSSR count). The third kappa shape index (κ3) is 5.41. The summed E-state index contributed by atoms with van der Waals surface area (Å²) >= 11 is 0. The molecule has 11 heteroatoms. The number of anilines is 1. The lowest BCUT2D eigenvalue weighted by Crippen LogP contribution is -2.52. The number of hydrogen-bond acceptors (Lipinski definition) is 4. The number of alkyl halides is 3. The molecule has 1 fully saturated rings. The molecule has 0 aromatic heterocycles. The van der Waals surface area contributed by atoms with Gasteiger partial charge in [0, 0.05) is 38.8 Å². The molecule has 2 aromatic rings. The minimum Gasteiger partial charge on any atom is -0.362 e. The van der Waals surface area contributed by atoms with Crippen LogP contribution in [0.1, 0.15) is 11.1 Å². The maximum Gasteiger partial charge on any atom is 0.416 e. The van der Waals surface area contributed by atoms with Crippen molar-refractivity contribution in [3.63, 3.8) is 0 Å². The molecule has 1 aliphatic rings. The van der Waals surface area contributed by atoms with Crippen LogP contribution in [-0.4, -0.2) is 48.6 Å². The first-order valence-electron chi connectivity index (χ1n) is 9.53. The molecule has 2 amide bonds. The molecular weight excluding hydrogens is 420 g/mol. The Hall–Kier alpha value is -3.37. The van der Waals surface area contributed by atoms with Crippen molar-refractivity contribution in [2.75, 3.05) is 37.6 Å². The summed E-state index contributed by atoms with van der Waals surface area (Å²) in [5, 5.41) is 14.0. The van der Waals surface area contributed by atoms with E-state index in [1.54, 1.807) is 23.1 Å². The van der Waals surface area contributed by atoms with Crippen LogP contribution in [0.3, 0.4) is 0 Å². The number of nitrogens with zero attached hydrogens (tertiary/aromatic N) is 3.